The van der Waals surface area contributed by atoms with Crippen molar-refractivity contribution in [3.8, 4) is 0 Å². The molecule has 1 saturated heterocycles. The van der Waals surface area contributed by atoms with Crippen LogP contribution in [0.4, 0.5) is 5.69 Å². The van der Waals surface area contributed by atoms with Gasteiger partial charge in [0, 0.05) is 31.1 Å². The normalized spacial score (nSPS) is 21.7. The van der Waals surface area contributed by atoms with Crippen LogP contribution < -0.4 is 15.5 Å². The number of amides is 4. The third kappa shape index (κ3) is 5.21. The minimum Gasteiger partial charge on any atom is -0.344 e. The van der Waals surface area contributed by atoms with Crippen molar-refractivity contribution in [1.82, 2.24) is 15.5 Å². The Kier molecular flexibility index (Phi) is 7.48. The average molecular weight is 477 g/mol. The summed E-state index contributed by atoms with van der Waals surface area (Å²) in [7, 11) is 0. The van der Waals surface area contributed by atoms with Crippen molar-refractivity contribution in [2.45, 2.75) is 51.1 Å². The Hall–Kier alpha value is -3.68. The van der Waals surface area contributed by atoms with Crippen LogP contribution in [0.3, 0.4) is 0 Å². The number of hydrogen-bond donors (Lipinski definition) is 2. The third-order valence-corrected chi connectivity index (χ3v) is 6.90. The summed E-state index contributed by atoms with van der Waals surface area (Å²) in [6.07, 6.45) is 1.20. The third-order valence-electron chi connectivity index (χ3n) is 6.90. The van der Waals surface area contributed by atoms with E-state index in [1.54, 1.807) is 4.90 Å². The fraction of sp³-hybridized carbons (Fsp3) is 0.407. The van der Waals surface area contributed by atoms with Gasteiger partial charge in [0.05, 0.1) is 0 Å². The van der Waals surface area contributed by atoms with Crippen molar-refractivity contribution in [2.24, 2.45) is 0 Å². The molecule has 2 aliphatic heterocycles. The predicted molar refractivity (Wildman–Crippen MR) is 133 cm³/mol. The van der Waals surface area contributed by atoms with Crippen molar-refractivity contribution in [1.29, 1.82) is 0 Å². The fourth-order valence-corrected chi connectivity index (χ4v) is 4.97. The summed E-state index contributed by atoms with van der Waals surface area (Å²) in [5.41, 5.74) is 2.55. The van der Waals surface area contributed by atoms with Gasteiger partial charge in [-0.25, -0.2) is 0 Å². The van der Waals surface area contributed by atoms with Crippen molar-refractivity contribution in [2.75, 3.05) is 24.5 Å². The molecule has 0 unspecified atom stereocenters. The van der Waals surface area contributed by atoms with E-state index in [9.17, 15) is 19.2 Å². The number of nitrogens with zero attached hydrogens (tertiary/aromatic N) is 2. The van der Waals surface area contributed by atoms with Gasteiger partial charge in [-0.1, -0.05) is 48.5 Å². The number of nitrogens with one attached hydrogen (secondary N) is 2. The number of anilines is 1. The van der Waals surface area contributed by atoms with Gasteiger partial charge < -0.3 is 20.4 Å². The van der Waals surface area contributed by atoms with Gasteiger partial charge in [-0.05, 0) is 43.9 Å². The van der Waals surface area contributed by atoms with Crippen molar-refractivity contribution >= 4 is 29.3 Å². The Morgan fingerprint density at radius 3 is 2.37 bits per heavy atom. The first-order chi connectivity index (χ1) is 16.9. The zero-order valence-corrected chi connectivity index (χ0v) is 20.2. The average Bonchev–Trinajstić information content (AvgIpc) is 3.28. The number of likely N-dealkylation sites (N-methyl/N-ethyl adjacent to an activating group) is 1. The van der Waals surface area contributed by atoms with Gasteiger partial charge in [0.2, 0.25) is 17.7 Å². The fourth-order valence-electron chi connectivity index (χ4n) is 4.97. The summed E-state index contributed by atoms with van der Waals surface area (Å²) in [6.45, 7) is 4.81. The molecule has 4 amide bonds. The summed E-state index contributed by atoms with van der Waals surface area (Å²) in [5, 5.41) is 5.63. The SMILES string of the molecule is CCN(CC)C(=O)CN1C(=O)[C@H](NC(=O)[C@@H]2CCC(=O)N2)[C@H](c2ccccc2)Cc2ccccc21. The van der Waals surface area contributed by atoms with Crippen LogP contribution in [-0.4, -0.2) is 60.2 Å². The van der Waals surface area contributed by atoms with Gasteiger partial charge in [0.25, 0.3) is 5.91 Å². The number of benzene rings is 2. The van der Waals surface area contributed by atoms with E-state index in [2.05, 4.69) is 10.6 Å². The van der Waals surface area contributed by atoms with Gasteiger partial charge in [0.15, 0.2) is 0 Å². The molecular formula is C27H32N4O4. The Morgan fingerprint density at radius 1 is 1.03 bits per heavy atom. The minimum absolute atomic E-state index is 0.106. The van der Waals surface area contributed by atoms with Gasteiger partial charge in [-0.2, -0.15) is 0 Å². The van der Waals surface area contributed by atoms with E-state index in [0.29, 0.717) is 31.6 Å². The van der Waals surface area contributed by atoms with E-state index in [4.69, 9.17) is 0 Å². The molecule has 4 rings (SSSR count). The van der Waals surface area contributed by atoms with Crippen LogP contribution in [0.15, 0.2) is 54.6 Å². The second-order valence-corrected chi connectivity index (χ2v) is 8.99. The quantitative estimate of drug-likeness (QED) is 0.639. The molecule has 0 saturated carbocycles. The first kappa shape index (κ1) is 24.4. The van der Waals surface area contributed by atoms with Crippen molar-refractivity contribution in [3.05, 3.63) is 65.7 Å². The van der Waals surface area contributed by atoms with Gasteiger partial charge in [-0.3, -0.25) is 19.2 Å². The lowest BCUT2D eigenvalue weighted by molar-refractivity contribution is -0.132. The monoisotopic (exact) mass is 476 g/mol. The zero-order valence-electron chi connectivity index (χ0n) is 20.2. The molecule has 2 aromatic rings. The highest BCUT2D eigenvalue weighted by molar-refractivity contribution is 6.05. The lowest BCUT2D eigenvalue weighted by atomic mass is 9.86. The lowest BCUT2D eigenvalue weighted by Gasteiger charge is -2.31. The standard InChI is InChI=1S/C27H32N4O4/c1-3-30(4-2)24(33)17-31-22-13-9-8-12-19(22)16-20(18-10-6-5-7-11-18)25(27(31)35)29-26(34)21-14-15-23(32)28-21/h5-13,20-21,25H,3-4,14-17H2,1-2H3,(H,28,32)(H,29,34)/t20-,21-,25+/m0/s1. The highest BCUT2D eigenvalue weighted by atomic mass is 16.2. The van der Waals surface area contributed by atoms with Crippen LogP contribution in [0.1, 0.15) is 43.7 Å². The number of hydrogen-bond acceptors (Lipinski definition) is 4. The molecule has 8 heteroatoms. The zero-order chi connectivity index (χ0) is 24.9. The molecule has 2 aliphatic rings. The minimum atomic E-state index is -0.890. The number of fused-ring (bicyclic) bond motifs is 1. The van der Waals surface area contributed by atoms with Crippen LogP contribution in [0.2, 0.25) is 0 Å². The summed E-state index contributed by atoms with van der Waals surface area (Å²) >= 11 is 0. The van der Waals surface area contributed by atoms with Crippen molar-refractivity contribution < 1.29 is 19.2 Å². The maximum absolute atomic E-state index is 14.1. The summed E-state index contributed by atoms with van der Waals surface area (Å²) in [5.74, 6) is -1.36. The molecule has 0 spiro atoms. The van der Waals surface area contributed by atoms with Crippen LogP contribution in [0.25, 0.3) is 0 Å². The largest absolute Gasteiger partial charge is 0.344 e. The Bertz CT molecular complexity index is 1100. The van der Waals surface area contributed by atoms with Crippen LogP contribution in [-0.2, 0) is 25.6 Å². The number of para-hydroxylation sites is 1. The molecule has 184 valence electrons. The molecule has 0 bridgehead atoms. The smallest absolute Gasteiger partial charge is 0.250 e. The van der Waals surface area contributed by atoms with E-state index >= 15 is 0 Å². The van der Waals surface area contributed by atoms with E-state index < -0.39 is 12.1 Å². The molecule has 0 radical (unpaired) electrons. The highest BCUT2D eigenvalue weighted by Gasteiger charge is 2.41. The van der Waals surface area contributed by atoms with Crippen LogP contribution in [0.5, 0.6) is 0 Å². The van der Waals surface area contributed by atoms with E-state index in [1.165, 1.54) is 4.90 Å². The van der Waals surface area contributed by atoms with Gasteiger partial charge >= 0.3 is 0 Å². The van der Waals surface area contributed by atoms with E-state index in [-0.39, 0.29) is 42.5 Å². The number of rotatable bonds is 7. The molecule has 2 heterocycles. The number of carbonyl (C=O) groups excluding carboxylic acids is 4. The molecular weight excluding hydrogens is 444 g/mol. The topological polar surface area (TPSA) is 98.8 Å². The second kappa shape index (κ2) is 10.7. The molecule has 8 nitrogen and oxygen atoms in total. The van der Waals surface area contributed by atoms with E-state index in [1.807, 2.05) is 68.4 Å². The predicted octanol–water partition coefficient (Wildman–Crippen LogP) is 1.99. The summed E-state index contributed by atoms with van der Waals surface area (Å²) in [4.78, 5) is 55.2. The first-order valence-electron chi connectivity index (χ1n) is 12.2. The Labute approximate surface area is 205 Å². The molecule has 2 aromatic carbocycles. The van der Waals surface area contributed by atoms with Crippen molar-refractivity contribution in [3.63, 3.8) is 0 Å². The first-order valence-corrected chi connectivity index (χ1v) is 12.2. The molecule has 2 N–H and O–H groups in total. The summed E-state index contributed by atoms with van der Waals surface area (Å²) in [6, 6.07) is 15.7. The molecule has 35 heavy (non-hydrogen) atoms. The molecule has 0 aromatic heterocycles. The second-order valence-electron chi connectivity index (χ2n) is 8.99. The Morgan fingerprint density at radius 2 is 1.71 bits per heavy atom. The maximum atomic E-state index is 14.1. The highest BCUT2D eigenvalue weighted by Crippen LogP contribution is 2.35. The van der Waals surface area contributed by atoms with Crippen LogP contribution in [0, 0.1) is 0 Å². The van der Waals surface area contributed by atoms with E-state index in [0.717, 1.165) is 11.1 Å². The lowest BCUT2D eigenvalue weighted by Crippen LogP contribution is -2.56. The Balaban J connectivity index is 1.73. The maximum Gasteiger partial charge on any atom is 0.250 e. The molecule has 1 fully saturated rings. The van der Waals surface area contributed by atoms with Crippen LogP contribution >= 0.6 is 0 Å². The van der Waals surface area contributed by atoms with Gasteiger partial charge in [-0.15, -0.1) is 0 Å². The molecule has 0 aliphatic carbocycles. The summed E-state index contributed by atoms with van der Waals surface area (Å²) < 4.78 is 0. The molecule has 3 atom stereocenters. The van der Waals surface area contributed by atoms with Gasteiger partial charge in [0.1, 0.15) is 18.6 Å². The number of carbonyl (C=O) groups is 4.